The van der Waals surface area contributed by atoms with E-state index >= 15 is 0 Å². The van der Waals surface area contributed by atoms with E-state index in [1.807, 2.05) is 78.9 Å². The van der Waals surface area contributed by atoms with Crippen LogP contribution in [0.1, 0.15) is 5.56 Å². The molecule has 2 nitrogen and oxygen atoms in total. The lowest BCUT2D eigenvalue weighted by Crippen LogP contribution is -2.14. The second-order valence-electron chi connectivity index (χ2n) is 5.05. The fourth-order valence-corrected chi connectivity index (χ4v) is 2.38. The fraction of sp³-hybridized carbons (Fsp3) is 0.0500. The maximum atomic E-state index is 12.2. The molecular weight excluding hydrogens is 270 g/mol. The first-order chi connectivity index (χ1) is 10.8. The van der Waals surface area contributed by atoms with Crippen molar-refractivity contribution in [1.82, 2.24) is 0 Å². The van der Waals surface area contributed by atoms with Crippen LogP contribution in [0.15, 0.2) is 78.9 Å². The fourth-order valence-electron chi connectivity index (χ4n) is 2.38. The number of hydrogen-bond acceptors (Lipinski definition) is 1. The lowest BCUT2D eigenvalue weighted by atomic mass is 10.0. The third-order valence-corrected chi connectivity index (χ3v) is 3.43. The Hall–Kier alpha value is -2.87. The van der Waals surface area contributed by atoms with E-state index in [2.05, 4.69) is 11.4 Å². The molecule has 0 aliphatic carbocycles. The third kappa shape index (κ3) is 3.41. The highest BCUT2D eigenvalue weighted by Gasteiger charge is 2.08. The molecule has 0 spiro atoms. The van der Waals surface area contributed by atoms with Gasteiger partial charge >= 0.3 is 0 Å². The molecule has 1 radical (unpaired) electrons. The molecule has 0 aliphatic rings. The van der Waals surface area contributed by atoms with Gasteiger partial charge < -0.3 is 5.32 Å². The van der Waals surface area contributed by atoms with Gasteiger partial charge in [0.05, 0.1) is 6.42 Å². The molecule has 0 aliphatic heterocycles. The summed E-state index contributed by atoms with van der Waals surface area (Å²) in [5.41, 5.74) is 3.87. The number of amides is 1. The average Bonchev–Trinajstić information content (AvgIpc) is 2.57. The van der Waals surface area contributed by atoms with Gasteiger partial charge in [0.1, 0.15) is 0 Å². The summed E-state index contributed by atoms with van der Waals surface area (Å²) in [6.07, 6.45) is 0.371. The van der Waals surface area contributed by atoms with Gasteiger partial charge in [0.15, 0.2) is 0 Å². The Morgan fingerprint density at radius 3 is 2.45 bits per heavy atom. The van der Waals surface area contributed by atoms with Gasteiger partial charge in [-0.1, -0.05) is 66.7 Å². The SMILES string of the molecule is O=C(Cc1ccccc1)Nc1ccccc1-c1c[c]ccc1. The zero-order chi connectivity index (χ0) is 15.2. The summed E-state index contributed by atoms with van der Waals surface area (Å²) in [5.74, 6) is -0.0152. The molecule has 22 heavy (non-hydrogen) atoms. The van der Waals surface area contributed by atoms with Crippen molar-refractivity contribution < 1.29 is 4.79 Å². The van der Waals surface area contributed by atoms with Crippen molar-refractivity contribution in [2.24, 2.45) is 0 Å². The summed E-state index contributed by atoms with van der Waals surface area (Å²) in [4.78, 5) is 12.2. The number of rotatable bonds is 4. The van der Waals surface area contributed by atoms with Crippen molar-refractivity contribution in [2.75, 3.05) is 5.32 Å². The van der Waals surface area contributed by atoms with Crippen LogP contribution in [0.5, 0.6) is 0 Å². The smallest absolute Gasteiger partial charge is 0.228 e. The molecule has 0 unspecified atom stereocenters. The molecule has 2 heteroatoms. The van der Waals surface area contributed by atoms with E-state index in [1.54, 1.807) is 0 Å². The molecule has 0 aromatic heterocycles. The number of nitrogens with one attached hydrogen (secondary N) is 1. The van der Waals surface area contributed by atoms with E-state index in [9.17, 15) is 4.79 Å². The summed E-state index contributed by atoms with van der Waals surface area (Å²) in [5, 5.41) is 3.00. The molecule has 0 bridgehead atoms. The van der Waals surface area contributed by atoms with Gasteiger partial charge in [0, 0.05) is 11.3 Å². The minimum atomic E-state index is -0.0152. The molecule has 0 saturated heterocycles. The number of anilines is 1. The number of hydrogen-bond donors (Lipinski definition) is 1. The Bertz CT molecular complexity index is 751. The van der Waals surface area contributed by atoms with Crippen molar-refractivity contribution >= 4 is 11.6 Å². The highest BCUT2D eigenvalue weighted by molar-refractivity contribution is 5.96. The summed E-state index contributed by atoms with van der Waals surface area (Å²) >= 11 is 0. The van der Waals surface area contributed by atoms with Crippen LogP contribution in [-0.2, 0) is 11.2 Å². The van der Waals surface area contributed by atoms with Crippen LogP contribution in [0.2, 0.25) is 0 Å². The van der Waals surface area contributed by atoms with Crippen molar-refractivity contribution in [1.29, 1.82) is 0 Å². The first kappa shape index (κ1) is 14.1. The van der Waals surface area contributed by atoms with Gasteiger partial charge in [0.25, 0.3) is 0 Å². The van der Waals surface area contributed by atoms with Gasteiger partial charge in [-0.15, -0.1) is 0 Å². The van der Waals surface area contributed by atoms with Gasteiger partial charge in [-0.3, -0.25) is 4.79 Å². The molecule has 0 atom stereocenters. The van der Waals surface area contributed by atoms with Crippen LogP contribution in [0.25, 0.3) is 11.1 Å². The van der Waals surface area contributed by atoms with Crippen molar-refractivity contribution in [3.05, 3.63) is 90.5 Å². The average molecular weight is 286 g/mol. The largest absolute Gasteiger partial charge is 0.325 e. The predicted octanol–water partition coefficient (Wildman–Crippen LogP) is 4.33. The first-order valence-corrected chi connectivity index (χ1v) is 7.22. The number of carbonyl (C=O) groups excluding carboxylic acids is 1. The Morgan fingerprint density at radius 2 is 1.68 bits per heavy atom. The zero-order valence-electron chi connectivity index (χ0n) is 12.1. The summed E-state index contributed by atoms with van der Waals surface area (Å²) in [6.45, 7) is 0. The molecule has 107 valence electrons. The van der Waals surface area contributed by atoms with Crippen LogP contribution in [0.3, 0.4) is 0 Å². The van der Waals surface area contributed by atoms with Gasteiger partial charge in [-0.25, -0.2) is 0 Å². The lowest BCUT2D eigenvalue weighted by molar-refractivity contribution is -0.115. The monoisotopic (exact) mass is 286 g/mol. The lowest BCUT2D eigenvalue weighted by Gasteiger charge is -2.11. The Balaban J connectivity index is 1.80. The van der Waals surface area contributed by atoms with Crippen LogP contribution in [0.4, 0.5) is 5.69 Å². The molecule has 0 fully saturated rings. The predicted molar refractivity (Wildman–Crippen MR) is 89.5 cm³/mol. The molecule has 3 aromatic rings. The van der Waals surface area contributed by atoms with E-state index in [0.717, 1.165) is 22.4 Å². The third-order valence-electron chi connectivity index (χ3n) is 3.43. The second-order valence-corrected chi connectivity index (χ2v) is 5.05. The Labute approximate surface area is 130 Å². The van der Waals surface area contributed by atoms with Gasteiger partial charge in [-0.2, -0.15) is 0 Å². The maximum Gasteiger partial charge on any atom is 0.228 e. The zero-order valence-corrected chi connectivity index (χ0v) is 12.1. The van der Waals surface area contributed by atoms with Crippen molar-refractivity contribution in [2.45, 2.75) is 6.42 Å². The Morgan fingerprint density at radius 1 is 0.909 bits per heavy atom. The minimum absolute atomic E-state index is 0.0152. The van der Waals surface area contributed by atoms with Crippen molar-refractivity contribution in [3.8, 4) is 11.1 Å². The molecular formula is C20H16NO. The molecule has 0 heterocycles. The van der Waals surface area contributed by atoms with E-state index in [1.165, 1.54) is 0 Å². The maximum absolute atomic E-state index is 12.2. The molecule has 0 saturated carbocycles. The summed E-state index contributed by atoms with van der Waals surface area (Å²) in [7, 11) is 0. The first-order valence-electron chi connectivity index (χ1n) is 7.22. The highest BCUT2D eigenvalue weighted by Crippen LogP contribution is 2.27. The van der Waals surface area contributed by atoms with Gasteiger partial charge in [-0.05, 0) is 29.3 Å². The van der Waals surface area contributed by atoms with Crippen molar-refractivity contribution in [3.63, 3.8) is 0 Å². The van der Waals surface area contributed by atoms with E-state index in [0.29, 0.717) is 6.42 Å². The molecule has 1 amide bonds. The quantitative estimate of drug-likeness (QED) is 0.759. The Kier molecular flexibility index (Phi) is 4.30. The standard InChI is InChI=1S/C20H16NO/c22-20(15-16-9-3-1-4-10-16)21-19-14-8-7-13-18(19)17-11-5-2-6-12-17/h1-5,7-14H,15H2,(H,21,22). The van der Waals surface area contributed by atoms with Gasteiger partial charge in [0.2, 0.25) is 5.91 Å². The molecule has 3 rings (SSSR count). The topological polar surface area (TPSA) is 29.1 Å². The second kappa shape index (κ2) is 6.72. The van der Waals surface area contributed by atoms with Crippen LogP contribution >= 0.6 is 0 Å². The van der Waals surface area contributed by atoms with Crippen LogP contribution in [-0.4, -0.2) is 5.91 Å². The summed E-state index contributed by atoms with van der Waals surface area (Å²) < 4.78 is 0. The number of carbonyl (C=O) groups is 1. The van der Waals surface area contributed by atoms with Crippen LogP contribution < -0.4 is 5.32 Å². The number of para-hydroxylation sites is 1. The molecule has 3 aromatic carbocycles. The van der Waals surface area contributed by atoms with E-state index < -0.39 is 0 Å². The van der Waals surface area contributed by atoms with E-state index in [4.69, 9.17) is 0 Å². The normalized spacial score (nSPS) is 10.2. The summed E-state index contributed by atoms with van der Waals surface area (Å²) in [6, 6.07) is 28.4. The van der Waals surface area contributed by atoms with E-state index in [-0.39, 0.29) is 5.91 Å². The highest BCUT2D eigenvalue weighted by atomic mass is 16.1. The molecule has 1 N–H and O–H groups in total. The van der Waals surface area contributed by atoms with Crippen LogP contribution in [0, 0.1) is 6.07 Å². The number of benzene rings is 3. The minimum Gasteiger partial charge on any atom is -0.325 e.